The molecule has 1 heterocycles. The standard InChI is InChI=1S/C14H20F2NO/c1-17-10-12(17)9-11-4-6-13(7-5-11)18-8-2-3-14(15)16/h4,6,14H,2-3,5,7-10H2,1H3/q+1. The quantitative estimate of drug-likeness (QED) is 0.503. The third-order valence-corrected chi connectivity index (χ3v) is 3.34. The van der Waals surface area contributed by atoms with Crippen LogP contribution in [0.1, 0.15) is 32.1 Å². The van der Waals surface area contributed by atoms with E-state index in [0.717, 1.165) is 31.6 Å². The third kappa shape index (κ3) is 4.24. The number of nitrogens with zero attached hydrogens (tertiary/aromatic N) is 1. The predicted octanol–water partition coefficient (Wildman–Crippen LogP) is 3.14. The monoisotopic (exact) mass is 256 g/mol. The highest BCUT2D eigenvalue weighted by atomic mass is 19.3. The summed E-state index contributed by atoms with van der Waals surface area (Å²) in [5.74, 6) is 0.933. The van der Waals surface area contributed by atoms with E-state index in [4.69, 9.17) is 4.74 Å². The number of hydrogen-bond acceptors (Lipinski definition) is 1. The molecule has 0 amide bonds. The Hall–Kier alpha value is -1.19. The SMILES string of the molecule is C[N+]1=C(CC2=CC=C(OCCCC(F)F)CC2)C1. The van der Waals surface area contributed by atoms with Gasteiger partial charge in [0.25, 0.3) is 0 Å². The van der Waals surface area contributed by atoms with Gasteiger partial charge in [-0.3, -0.25) is 0 Å². The van der Waals surface area contributed by atoms with E-state index in [-0.39, 0.29) is 6.42 Å². The van der Waals surface area contributed by atoms with E-state index in [1.54, 1.807) is 0 Å². The second-order valence-electron chi connectivity index (χ2n) is 4.94. The van der Waals surface area contributed by atoms with Crippen LogP contribution in [0.15, 0.2) is 23.5 Å². The topological polar surface area (TPSA) is 12.2 Å². The van der Waals surface area contributed by atoms with Crippen molar-refractivity contribution in [3.63, 3.8) is 0 Å². The van der Waals surface area contributed by atoms with Crippen LogP contribution >= 0.6 is 0 Å². The maximum atomic E-state index is 11.9. The molecule has 0 aromatic carbocycles. The molecular weight excluding hydrogens is 236 g/mol. The minimum Gasteiger partial charge on any atom is -0.498 e. The highest BCUT2D eigenvalue weighted by Gasteiger charge is 2.29. The minimum absolute atomic E-state index is 0.0704. The summed E-state index contributed by atoms with van der Waals surface area (Å²) in [5, 5.41) is 0. The average Bonchev–Trinajstić information content (AvgIpc) is 3.02. The molecule has 100 valence electrons. The summed E-state index contributed by atoms with van der Waals surface area (Å²) in [5.41, 5.74) is 2.94. The molecule has 0 spiro atoms. The van der Waals surface area contributed by atoms with Gasteiger partial charge in [-0.1, -0.05) is 11.6 Å². The summed E-state index contributed by atoms with van der Waals surface area (Å²) >= 11 is 0. The first kappa shape index (κ1) is 13.2. The maximum Gasteiger partial charge on any atom is 0.238 e. The number of halogens is 2. The molecule has 0 fully saturated rings. The number of alkyl halides is 2. The number of hydrogen-bond donors (Lipinski definition) is 0. The fourth-order valence-corrected chi connectivity index (χ4v) is 2.06. The molecule has 0 aromatic heterocycles. The first-order valence-corrected chi connectivity index (χ1v) is 6.50. The van der Waals surface area contributed by atoms with Gasteiger partial charge in [-0.15, -0.1) is 0 Å². The highest BCUT2D eigenvalue weighted by Crippen LogP contribution is 2.23. The van der Waals surface area contributed by atoms with Crippen LogP contribution in [-0.4, -0.2) is 36.9 Å². The van der Waals surface area contributed by atoms with Crippen molar-refractivity contribution in [3.8, 4) is 0 Å². The molecule has 2 nitrogen and oxygen atoms in total. The maximum absolute atomic E-state index is 11.9. The lowest BCUT2D eigenvalue weighted by atomic mass is 10.00. The van der Waals surface area contributed by atoms with Gasteiger partial charge >= 0.3 is 0 Å². The summed E-state index contributed by atoms with van der Waals surface area (Å²) in [6.45, 7) is 1.53. The summed E-state index contributed by atoms with van der Waals surface area (Å²) in [7, 11) is 2.10. The van der Waals surface area contributed by atoms with E-state index in [2.05, 4.69) is 17.7 Å². The molecule has 18 heavy (non-hydrogen) atoms. The zero-order chi connectivity index (χ0) is 13.0. The Balaban J connectivity index is 1.68. The van der Waals surface area contributed by atoms with E-state index in [1.807, 2.05) is 6.08 Å². The van der Waals surface area contributed by atoms with Crippen molar-refractivity contribution in [3.05, 3.63) is 23.5 Å². The van der Waals surface area contributed by atoms with Crippen LogP contribution < -0.4 is 0 Å². The van der Waals surface area contributed by atoms with Gasteiger partial charge in [0.1, 0.15) is 7.05 Å². The van der Waals surface area contributed by atoms with E-state index in [1.165, 1.54) is 11.3 Å². The molecule has 0 aromatic rings. The summed E-state index contributed by atoms with van der Waals surface area (Å²) < 4.78 is 31.6. The third-order valence-electron chi connectivity index (χ3n) is 3.34. The van der Waals surface area contributed by atoms with Crippen molar-refractivity contribution in [2.24, 2.45) is 0 Å². The molecule has 0 atom stereocenters. The minimum atomic E-state index is -2.21. The normalized spacial score (nSPS) is 18.9. The first-order valence-electron chi connectivity index (χ1n) is 6.50. The molecule has 0 bridgehead atoms. The van der Waals surface area contributed by atoms with Gasteiger partial charge in [0.05, 0.1) is 18.8 Å². The molecule has 4 heteroatoms. The molecule has 2 aliphatic rings. The first-order chi connectivity index (χ1) is 8.65. The molecule has 0 saturated heterocycles. The predicted molar refractivity (Wildman–Crippen MR) is 67.3 cm³/mol. The highest BCUT2D eigenvalue weighted by molar-refractivity contribution is 5.89. The van der Waals surface area contributed by atoms with E-state index < -0.39 is 6.43 Å². The van der Waals surface area contributed by atoms with Gasteiger partial charge in [-0.25, -0.2) is 13.4 Å². The Kier molecular flexibility index (Phi) is 4.50. The zero-order valence-electron chi connectivity index (χ0n) is 10.8. The van der Waals surface area contributed by atoms with Gasteiger partial charge < -0.3 is 4.74 Å². The van der Waals surface area contributed by atoms with Crippen molar-refractivity contribution in [1.82, 2.24) is 0 Å². The van der Waals surface area contributed by atoms with Gasteiger partial charge in [-0.2, -0.15) is 0 Å². The lowest BCUT2D eigenvalue weighted by Crippen LogP contribution is -2.02. The van der Waals surface area contributed by atoms with Crippen molar-refractivity contribution in [2.45, 2.75) is 38.5 Å². The zero-order valence-corrected chi connectivity index (χ0v) is 10.8. The smallest absolute Gasteiger partial charge is 0.238 e. The Bertz CT molecular complexity index is 397. The van der Waals surface area contributed by atoms with Crippen molar-refractivity contribution < 1.29 is 18.1 Å². The van der Waals surface area contributed by atoms with E-state index in [0.29, 0.717) is 13.0 Å². The second-order valence-corrected chi connectivity index (χ2v) is 4.94. The fourth-order valence-electron chi connectivity index (χ4n) is 2.06. The Morgan fingerprint density at radius 2 is 2.11 bits per heavy atom. The van der Waals surface area contributed by atoms with Crippen LogP contribution in [0.3, 0.4) is 0 Å². The number of ether oxygens (including phenoxy) is 1. The Labute approximate surface area is 107 Å². The number of allylic oxidation sites excluding steroid dienone is 4. The van der Waals surface area contributed by atoms with Crippen molar-refractivity contribution in [2.75, 3.05) is 20.2 Å². The van der Waals surface area contributed by atoms with Crippen LogP contribution in [0.2, 0.25) is 0 Å². The van der Waals surface area contributed by atoms with Crippen LogP contribution in [0.5, 0.6) is 0 Å². The number of rotatable bonds is 7. The molecule has 0 saturated carbocycles. The van der Waals surface area contributed by atoms with E-state index >= 15 is 0 Å². The fraction of sp³-hybridized carbons (Fsp3) is 0.643. The lowest BCUT2D eigenvalue weighted by Gasteiger charge is -2.14. The van der Waals surface area contributed by atoms with Gasteiger partial charge in [0.2, 0.25) is 18.7 Å². The molecular formula is C14H20F2NO+. The van der Waals surface area contributed by atoms with Crippen LogP contribution in [0.25, 0.3) is 0 Å². The molecule has 1 aliphatic carbocycles. The second kappa shape index (κ2) is 6.12. The summed E-state index contributed by atoms with van der Waals surface area (Å²) in [6, 6.07) is 0. The average molecular weight is 256 g/mol. The van der Waals surface area contributed by atoms with Crippen LogP contribution in [0, 0.1) is 0 Å². The van der Waals surface area contributed by atoms with Crippen molar-refractivity contribution >= 4 is 5.71 Å². The molecule has 1 aliphatic heterocycles. The van der Waals surface area contributed by atoms with Gasteiger partial charge in [0.15, 0.2) is 0 Å². The Morgan fingerprint density at radius 3 is 2.67 bits per heavy atom. The summed E-state index contributed by atoms with van der Waals surface area (Å²) in [6.07, 6.45) is 5.25. The van der Waals surface area contributed by atoms with Crippen LogP contribution in [-0.2, 0) is 4.74 Å². The molecule has 0 unspecified atom stereocenters. The summed E-state index contributed by atoms with van der Waals surface area (Å²) in [4.78, 5) is 0. The molecule has 2 rings (SSSR count). The van der Waals surface area contributed by atoms with Gasteiger partial charge in [-0.05, 0) is 18.9 Å². The Morgan fingerprint density at radius 1 is 1.33 bits per heavy atom. The lowest BCUT2D eigenvalue weighted by molar-refractivity contribution is -0.405. The van der Waals surface area contributed by atoms with E-state index in [9.17, 15) is 8.78 Å². The van der Waals surface area contributed by atoms with Crippen molar-refractivity contribution in [1.29, 1.82) is 0 Å². The largest absolute Gasteiger partial charge is 0.498 e. The van der Waals surface area contributed by atoms with Gasteiger partial charge in [0, 0.05) is 12.8 Å². The molecule has 0 N–H and O–H groups in total. The molecule has 0 radical (unpaired) electrons. The van der Waals surface area contributed by atoms with Crippen LogP contribution in [0.4, 0.5) is 8.78 Å².